The smallest absolute Gasteiger partial charge is 0.140 e. The third-order valence-corrected chi connectivity index (χ3v) is 7.02. The van der Waals surface area contributed by atoms with Crippen LogP contribution in [0.2, 0.25) is 0 Å². The van der Waals surface area contributed by atoms with E-state index < -0.39 is 0 Å². The molecule has 0 spiro atoms. The van der Waals surface area contributed by atoms with Crippen LogP contribution in [0.25, 0.3) is 22.3 Å². The van der Waals surface area contributed by atoms with Crippen molar-refractivity contribution in [1.29, 1.82) is 0 Å². The van der Waals surface area contributed by atoms with Crippen molar-refractivity contribution in [3.05, 3.63) is 114 Å². The van der Waals surface area contributed by atoms with Crippen LogP contribution < -0.4 is 0 Å². The van der Waals surface area contributed by atoms with Crippen molar-refractivity contribution in [2.45, 2.75) is 52.9 Å². The van der Waals surface area contributed by atoms with Gasteiger partial charge in [-0.3, -0.25) is 4.90 Å². The van der Waals surface area contributed by atoms with Crippen LogP contribution in [-0.4, -0.2) is 19.0 Å². The predicted octanol–water partition coefficient (Wildman–Crippen LogP) is 7.35. The molecule has 5 rings (SSSR count). The van der Waals surface area contributed by atoms with Gasteiger partial charge in [0.2, 0.25) is 0 Å². The molecule has 0 aliphatic rings. The van der Waals surface area contributed by atoms with Gasteiger partial charge >= 0.3 is 0 Å². The molecule has 0 unspecified atom stereocenters. The van der Waals surface area contributed by atoms with Gasteiger partial charge in [-0.2, -0.15) is 0 Å². The van der Waals surface area contributed by atoms with Gasteiger partial charge in [-0.15, -0.1) is 0 Å². The molecule has 0 radical (unpaired) electrons. The van der Waals surface area contributed by atoms with Crippen molar-refractivity contribution in [1.82, 2.24) is 19.0 Å². The minimum atomic E-state index is 0.858. The van der Waals surface area contributed by atoms with Crippen LogP contribution in [0.15, 0.2) is 91.1 Å². The fraction of sp³-hybridized carbons (Fsp3) is 0.281. The van der Waals surface area contributed by atoms with E-state index in [0.717, 1.165) is 50.5 Å². The minimum absolute atomic E-state index is 0.858. The van der Waals surface area contributed by atoms with E-state index in [1.54, 1.807) is 0 Å². The van der Waals surface area contributed by atoms with E-state index in [9.17, 15) is 0 Å². The Morgan fingerprint density at radius 1 is 0.806 bits per heavy atom. The molecule has 4 nitrogen and oxygen atoms in total. The molecule has 2 heterocycles. The van der Waals surface area contributed by atoms with E-state index in [2.05, 4.69) is 126 Å². The van der Waals surface area contributed by atoms with Crippen LogP contribution in [0.5, 0.6) is 0 Å². The number of aryl methyl sites for hydroxylation is 2. The molecule has 36 heavy (non-hydrogen) atoms. The van der Waals surface area contributed by atoms with Gasteiger partial charge in [0.05, 0.1) is 11.4 Å². The molecule has 3 aromatic carbocycles. The Labute approximate surface area is 214 Å². The second-order valence-corrected chi connectivity index (χ2v) is 9.79. The molecule has 0 fully saturated rings. The number of aromatic nitrogens is 3. The summed E-state index contributed by atoms with van der Waals surface area (Å²) in [7, 11) is 2.11. The number of hydrogen-bond donors (Lipinski definition) is 0. The fourth-order valence-corrected chi connectivity index (χ4v) is 5.08. The second-order valence-electron chi connectivity index (χ2n) is 9.79. The Balaban J connectivity index is 1.50. The highest BCUT2D eigenvalue weighted by Crippen LogP contribution is 2.26. The van der Waals surface area contributed by atoms with Gasteiger partial charge in [-0.05, 0) is 48.1 Å². The number of benzene rings is 3. The topological polar surface area (TPSA) is 26.0 Å². The lowest BCUT2D eigenvalue weighted by Crippen LogP contribution is -2.24. The van der Waals surface area contributed by atoms with Crippen LogP contribution in [0, 0.1) is 6.92 Å². The SMILES string of the molecule is CCCCn1c(-c2ccccc2)nc(C)c1CN(Cc1ccccc1)Cc1ccc2c(ccn2C)c1. The van der Waals surface area contributed by atoms with Gasteiger partial charge in [0, 0.05) is 50.5 Å². The summed E-state index contributed by atoms with van der Waals surface area (Å²) in [6.45, 7) is 8.06. The van der Waals surface area contributed by atoms with E-state index in [1.165, 1.54) is 33.3 Å². The highest BCUT2D eigenvalue weighted by molar-refractivity contribution is 5.80. The number of imidazole rings is 1. The van der Waals surface area contributed by atoms with Crippen molar-refractivity contribution in [2.75, 3.05) is 0 Å². The zero-order valence-electron chi connectivity index (χ0n) is 21.7. The van der Waals surface area contributed by atoms with Gasteiger partial charge in [-0.1, -0.05) is 80.1 Å². The summed E-state index contributed by atoms with van der Waals surface area (Å²) >= 11 is 0. The van der Waals surface area contributed by atoms with Crippen LogP contribution in [0.4, 0.5) is 0 Å². The number of hydrogen-bond acceptors (Lipinski definition) is 2. The average Bonchev–Trinajstić information content (AvgIpc) is 3.42. The van der Waals surface area contributed by atoms with E-state index in [-0.39, 0.29) is 0 Å². The maximum atomic E-state index is 5.08. The minimum Gasteiger partial charge on any atom is -0.351 e. The summed E-state index contributed by atoms with van der Waals surface area (Å²) < 4.78 is 4.65. The van der Waals surface area contributed by atoms with Gasteiger partial charge in [0.15, 0.2) is 0 Å². The molecule has 0 saturated heterocycles. The fourth-order valence-electron chi connectivity index (χ4n) is 5.08. The number of nitrogens with zero attached hydrogens (tertiary/aromatic N) is 4. The lowest BCUT2D eigenvalue weighted by atomic mass is 10.1. The number of fused-ring (bicyclic) bond motifs is 1. The molecule has 5 aromatic rings. The first-order chi connectivity index (χ1) is 17.6. The summed E-state index contributed by atoms with van der Waals surface area (Å²) in [4.78, 5) is 7.63. The molecule has 0 N–H and O–H groups in total. The van der Waals surface area contributed by atoms with E-state index in [4.69, 9.17) is 4.98 Å². The number of unbranched alkanes of at least 4 members (excludes halogenated alkanes) is 1. The zero-order chi connectivity index (χ0) is 24.9. The Morgan fingerprint density at radius 3 is 2.28 bits per heavy atom. The van der Waals surface area contributed by atoms with Crippen molar-refractivity contribution in [3.63, 3.8) is 0 Å². The average molecular weight is 477 g/mol. The molecule has 0 saturated carbocycles. The Hall–Kier alpha value is -3.63. The molecule has 184 valence electrons. The van der Waals surface area contributed by atoms with Crippen molar-refractivity contribution < 1.29 is 0 Å². The van der Waals surface area contributed by atoms with Gasteiger partial charge in [-0.25, -0.2) is 4.98 Å². The molecular weight excluding hydrogens is 440 g/mol. The molecule has 0 amide bonds. The maximum Gasteiger partial charge on any atom is 0.140 e. The van der Waals surface area contributed by atoms with Gasteiger partial charge in [0.25, 0.3) is 0 Å². The molecule has 0 bridgehead atoms. The quantitative estimate of drug-likeness (QED) is 0.211. The monoisotopic (exact) mass is 476 g/mol. The number of rotatable bonds is 10. The van der Waals surface area contributed by atoms with Crippen LogP contribution in [0.3, 0.4) is 0 Å². The zero-order valence-corrected chi connectivity index (χ0v) is 21.7. The molecule has 0 aliphatic carbocycles. The van der Waals surface area contributed by atoms with Crippen LogP contribution in [0.1, 0.15) is 42.3 Å². The summed E-state index contributed by atoms with van der Waals surface area (Å²) in [6.07, 6.45) is 4.44. The first-order valence-electron chi connectivity index (χ1n) is 13.0. The van der Waals surface area contributed by atoms with E-state index in [0.29, 0.717) is 0 Å². The maximum absolute atomic E-state index is 5.08. The molecular formula is C32H36N4. The standard InChI is InChI=1S/C32H36N4/c1-4-5-19-36-31(25(2)33-32(36)28-14-10-7-11-15-28)24-35(22-26-12-8-6-9-13-26)23-27-16-17-30-29(21-27)18-20-34(30)3/h6-18,20-21H,4-5,19,22-24H2,1-3H3. The highest BCUT2D eigenvalue weighted by Gasteiger charge is 2.19. The van der Waals surface area contributed by atoms with Gasteiger partial charge in [0.1, 0.15) is 5.82 Å². The van der Waals surface area contributed by atoms with Crippen molar-refractivity contribution in [3.8, 4) is 11.4 Å². The van der Waals surface area contributed by atoms with E-state index >= 15 is 0 Å². The van der Waals surface area contributed by atoms with E-state index in [1.807, 2.05) is 0 Å². The molecule has 0 aliphatic heterocycles. The third-order valence-electron chi connectivity index (χ3n) is 7.02. The predicted molar refractivity (Wildman–Crippen MR) is 150 cm³/mol. The highest BCUT2D eigenvalue weighted by atomic mass is 15.2. The van der Waals surface area contributed by atoms with Crippen LogP contribution in [-0.2, 0) is 33.2 Å². The molecule has 0 atom stereocenters. The van der Waals surface area contributed by atoms with Crippen LogP contribution >= 0.6 is 0 Å². The largest absolute Gasteiger partial charge is 0.351 e. The third kappa shape index (κ3) is 5.29. The lowest BCUT2D eigenvalue weighted by Gasteiger charge is -2.24. The Morgan fingerprint density at radius 2 is 1.53 bits per heavy atom. The Bertz CT molecular complexity index is 1410. The summed E-state index contributed by atoms with van der Waals surface area (Å²) in [6, 6.07) is 30.5. The lowest BCUT2D eigenvalue weighted by molar-refractivity contribution is 0.240. The molecule has 4 heteroatoms. The Kier molecular flexibility index (Phi) is 7.33. The van der Waals surface area contributed by atoms with Crippen molar-refractivity contribution in [2.24, 2.45) is 7.05 Å². The normalized spacial score (nSPS) is 11.6. The summed E-state index contributed by atoms with van der Waals surface area (Å²) in [5, 5.41) is 1.30. The summed E-state index contributed by atoms with van der Waals surface area (Å²) in [5.41, 5.74) is 7.58. The van der Waals surface area contributed by atoms with Gasteiger partial charge < -0.3 is 9.13 Å². The first-order valence-corrected chi connectivity index (χ1v) is 13.0. The van der Waals surface area contributed by atoms with Crippen molar-refractivity contribution >= 4 is 10.9 Å². The first kappa shape index (κ1) is 24.1. The second kappa shape index (κ2) is 11.0. The summed E-state index contributed by atoms with van der Waals surface area (Å²) in [5.74, 6) is 1.09. The molecule has 2 aromatic heterocycles.